The predicted molar refractivity (Wildman–Crippen MR) is 274 cm³/mol. The van der Waals surface area contributed by atoms with Crippen molar-refractivity contribution in [3.63, 3.8) is 0 Å². The van der Waals surface area contributed by atoms with E-state index in [-0.39, 0.29) is 0 Å². The monoisotopic (exact) mass is 841 g/mol. The highest BCUT2D eigenvalue weighted by molar-refractivity contribution is 5.98. The van der Waals surface area contributed by atoms with E-state index in [1.165, 1.54) is 0 Å². The Morgan fingerprint density at radius 2 is 0.485 bits per heavy atom. The number of aromatic nitrogens is 3. The first-order chi connectivity index (χ1) is 32.7. The van der Waals surface area contributed by atoms with Crippen LogP contribution in [0, 0.1) is 0 Å². The predicted octanol–water partition coefficient (Wildman–Crippen LogP) is 16.5. The number of benzene rings is 9. The van der Waals surface area contributed by atoms with Crippen LogP contribution in [-0.2, 0) is 0 Å². The van der Waals surface area contributed by atoms with Gasteiger partial charge in [0.15, 0.2) is 5.82 Å². The lowest BCUT2D eigenvalue weighted by Crippen LogP contribution is -1.97. The molecule has 11 aromatic rings. The first kappa shape index (κ1) is 40.0. The average Bonchev–Trinajstić information content (AvgIpc) is 3.42. The standard InChI is InChI=1S/C63H43N3/c1-7-21-44(22-8-1)56-39-54(50-33-19-34-51(37-50)55-41-58(46-25-11-3-12-26-46)64-59(42-55)47-27-13-4-14-28-47)40-57(45-23-9-2-10-24-45)62(56)52-35-20-36-53(38-52)63-65-60(48-29-15-5-16-30-48)43-61(66-63)49-31-17-6-18-32-49/h1-43H. The molecular formula is C63H43N3. The molecule has 0 atom stereocenters. The second-order valence-electron chi connectivity index (χ2n) is 16.4. The second kappa shape index (κ2) is 18.1. The van der Waals surface area contributed by atoms with E-state index in [4.69, 9.17) is 15.0 Å². The molecule has 0 aliphatic heterocycles. The number of nitrogens with zero attached hydrogens (tertiary/aromatic N) is 3. The highest BCUT2D eigenvalue weighted by atomic mass is 14.9. The number of rotatable bonds is 10. The molecule has 0 saturated heterocycles. The van der Waals surface area contributed by atoms with Crippen LogP contribution in [0.1, 0.15) is 0 Å². The van der Waals surface area contributed by atoms with Crippen molar-refractivity contribution in [3.8, 4) is 112 Å². The lowest BCUT2D eigenvalue weighted by Gasteiger charge is -2.20. The van der Waals surface area contributed by atoms with Gasteiger partial charge in [-0.25, -0.2) is 15.0 Å². The van der Waals surface area contributed by atoms with Crippen LogP contribution in [0.25, 0.3) is 112 Å². The third-order valence-corrected chi connectivity index (χ3v) is 12.1. The van der Waals surface area contributed by atoms with Gasteiger partial charge in [-0.2, -0.15) is 0 Å². The molecular weight excluding hydrogens is 799 g/mol. The van der Waals surface area contributed by atoms with Crippen LogP contribution in [0.4, 0.5) is 0 Å². The van der Waals surface area contributed by atoms with Crippen molar-refractivity contribution >= 4 is 0 Å². The molecule has 0 N–H and O–H groups in total. The van der Waals surface area contributed by atoms with Crippen molar-refractivity contribution < 1.29 is 0 Å². The Hall–Kier alpha value is -8.79. The van der Waals surface area contributed by atoms with Gasteiger partial charge in [-0.05, 0) is 98.1 Å². The number of pyridine rings is 1. The summed E-state index contributed by atoms with van der Waals surface area (Å²) in [5, 5.41) is 0. The van der Waals surface area contributed by atoms with Gasteiger partial charge in [-0.15, -0.1) is 0 Å². The first-order valence-corrected chi connectivity index (χ1v) is 22.3. The van der Waals surface area contributed by atoms with Crippen LogP contribution >= 0.6 is 0 Å². The van der Waals surface area contributed by atoms with Crippen molar-refractivity contribution in [1.29, 1.82) is 0 Å². The molecule has 0 amide bonds. The zero-order valence-corrected chi connectivity index (χ0v) is 36.2. The van der Waals surface area contributed by atoms with E-state index in [1.807, 2.05) is 24.3 Å². The summed E-state index contributed by atoms with van der Waals surface area (Å²) in [7, 11) is 0. The van der Waals surface area contributed by atoms with E-state index in [0.29, 0.717) is 5.82 Å². The van der Waals surface area contributed by atoms with Gasteiger partial charge < -0.3 is 0 Å². The van der Waals surface area contributed by atoms with Crippen LogP contribution in [0.3, 0.4) is 0 Å². The fraction of sp³-hybridized carbons (Fsp3) is 0. The topological polar surface area (TPSA) is 38.7 Å². The van der Waals surface area contributed by atoms with Gasteiger partial charge in [-0.1, -0.05) is 218 Å². The molecule has 66 heavy (non-hydrogen) atoms. The van der Waals surface area contributed by atoms with Gasteiger partial charge in [0.2, 0.25) is 0 Å². The lowest BCUT2D eigenvalue weighted by molar-refractivity contribution is 1.18. The van der Waals surface area contributed by atoms with Gasteiger partial charge in [0.25, 0.3) is 0 Å². The summed E-state index contributed by atoms with van der Waals surface area (Å²) in [6, 6.07) is 92.0. The first-order valence-electron chi connectivity index (χ1n) is 22.3. The molecule has 0 radical (unpaired) electrons. The summed E-state index contributed by atoms with van der Waals surface area (Å²) in [6.45, 7) is 0. The van der Waals surface area contributed by atoms with Crippen LogP contribution in [0.15, 0.2) is 261 Å². The summed E-state index contributed by atoms with van der Waals surface area (Å²) < 4.78 is 0. The van der Waals surface area contributed by atoms with Crippen LogP contribution in [-0.4, -0.2) is 15.0 Å². The minimum Gasteiger partial charge on any atom is -0.248 e. The van der Waals surface area contributed by atoms with Crippen LogP contribution in [0.2, 0.25) is 0 Å². The summed E-state index contributed by atoms with van der Waals surface area (Å²) in [5.41, 5.74) is 20.1. The van der Waals surface area contributed by atoms with E-state index in [1.54, 1.807) is 0 Å². The molecule has 0 unspecified atom stereocenters. The Balaban J connectivity index is 1.09. The second-order valence-corrected chi connectivity index (χ2v) is 16.4. The van der Waals surface area contributed by atoms with Gasteiger partial charge in [-0.3, -0.25) is 0 Å². The van der Waals surface area contributed by atoms with E-state index < -0.39 is 0 Å². The average molecular weight is 842 g/mol. The van der Waals surface area contributed by atoms with Crippen molar-refractivity contribution in [2.45, 2.75) is 0 Å². The fourth-order valence-electron chi connectivity index (χ4n) is 8.80. The molecule has 3 heteroatoms. The Morgan fingerprint density at radius 1 is 0.182 bits per heavy atom. The molecule has 0 aliphatic carbocycles. The quantitative estimate of drug-likeness (QED) is 0.138. The van der Waals surface area contributed by atoms with E-state index in [2.05, 4.69) is 237 Å². The Kier molecular flexibility index (Phi) is 11.0. The largest absolute Gasteiger partial charge is 0.248 e. The van der Waals surface area contributed by atoms with Crippen LogP contribution in [0.5, 0.6) is 0 Å². The molecule has 11 rings (SSSR count). The van der Waals surface area contributed by atoms with Gasteiger partial charge in [0, 0.05) is 27.8 Å². The Labute approximate surface area is 386 Å². The highest BCUT2D eigenvalue weighted by Gasteiger charge is 2.20. The maximum atomic E-state index is 5.21. The third-order valence-electron chi connectivity index (χ3n) is 12.1. The minimum absolute atomic E-state index is 0.676. The third kappa shape index (κ3) is 8.37. The molecule has 0 bridgehead atoms. The minimum atomic E-state index is 0.676. The fourth-order valence-corrected chi connectivity index (χ4v) is 8.80. The van der Waals surface area contributed by atoms with Crippen LogP contribution < -0.4 is 0 Å². The molecule has 0 spiro atoms. The van der Waals surface area contributed by atoms with Crippen molar-refractivity contribution in [1.82, 2.24) is 15.0 Å². The molecule has 310 valence electrons. The molecule has 2 aromatic heterocycles. The Morgan fingerprint density at radius 3 is 0.894 bits per heavy atom. The summed E-state index contributed by atoms with van der Waals surface area (Å²) in [6.07, 6.45) is 0. The number of hydrogen-bond acceptors (Lipinski definition) is 3. The smallest absolute Gasteiger partial charge is 0.160 e. The maximum Gasteiger partial charge on any atom is 0.160 e. The molecule has 2 heterocycles. The Bertz CT molecular complexity index is 3250. The zero-order valence-electron chi connectivity index (χ0n) is 36.2. The molecule has 0 saturated carbocycles. The summed E-state index contributed by atoms with van der Waals surface area (Å²) in [5.74, 6) is 0.676. The van der Waals surface area contributed by atoms with E-state index in [0.717, 1.165) is 106 Å². The number of hydrogen-bond donors (Lipinski definition) is 0. The van der Waals surface area contributed by atoms with E-state index >= 15 is 0 Å². The van der Waals surface area contributed by atoms with Crippen molar-refractivity contribution in [3.05, 3.63) is 261 Å². The van der Waals surface area contributed by atoms with Crippen molar-refractivity contribution in [2.24, 2.45) is 0 Å². The molecule has 3 nitrogen and oxygen atoms in total. The zero-order chi connectivity index (χ0) is 44.1. The summed E-state index contributed by atoms with van der Waals surface area (Å²) in [4.78, 5) is 15.6. The van der Waals surface area contributed by atoms with Gasteiger partial charge in [0.05, 0.1) is 22.8 Å². The SMILES string of the molecule is c1ccc(-c2cc(-c3cccc(-c4cc(-c5ccccc5)c(-c5cccc(-c6nc(-c7ccccc7)cc(-c7ccccc7)n6)c5)c(-c5ccccc5)c4)c3)cc(-c3ccccc3)n2)cc1. The van der Waals surface area contributed by atoms with Gasteiger partial charge >= 0.3 is 0 Å². The van der Waals surface area contributed by atoms with E-state index in [9.17, 15) is 0 Å². The lowest BCUT2D eigenvalue weighted by atomic mass is 9.84. The van der Waals surface area contributed by atoms with Crippen molar-refractivity contribution in [2.75, 3.05) is 0 Å². The summed E-state index contributed by atoms with van der Waals surface area (Å²) >= 11 is 0. The molecule has 0 fully saturated rings. The highest BCUT2D eigenvalue weighted by Crippen LogP contribution is 2.45. The molecule has 0 aliphatic rings. The van der Waals surface area contributed by atoms with Gasteiger partial charge in [0.1, 0.15) is 0 Å². The maximum absolute atomic E-state index is 5.21. The molecule has 9 aromatic carbocycles. The normalized spacial score (nSPS) is 11.0.